The molecule has 4 rings (SSSR count). The first kappa shape index (κ1) is 19.9. The van der Waals surface area contributed by atoms with E-state index in [9.17, 15) is 14.0 Å². The van der Waals surface area contributed by atoms with Gasteiger partial charge in [-0.3, -0.25) is 9.59 Å². The number of benzene rings is 1. The van der Waals surface area contributed by atoms with Gasteiger partial charge in [0, 0.05) is 18.2 Å². The minimum atomic E-state index is -0.616. The van der Waals surface area contributed by atoms with Gasteiger partial charge in [-0.1, -0.05) is 19.0 Å². The summed E-state index contributed by atoms with van der Waals surface area (Å²) in [6.45, 7) is 4.25. The molecule has 1 N–H and O–H groups in total. The van der Waals surface area contributed by atoms with Crippen LogP contribution in [0.4, 0.5) is 4.39 Å². The molecule has 8 heteroatoms. The minimum Gasteiger partial charge on any atom is -0.467 e. The van der Waals surface area contributed by atoms with Crippen molar-refractivity contribution in [3.63, 3.8) is 0 Å². The van der Waals surface area contributed by atoms with E-state index in [2.05, 4.69) is 10.5 Å². The smallest absolute Gasteiger partial charge is 0.276 e. The molecule has 3 aromatic rings. The summed E-state index contributed by atoms with van der Waals surface area (Å²) in [6, 6.07) is 9.66. The standard InChI is InChI=1S/C22H22FN3O4/c1-13(2)10-18-21(27)24-17(19-4-3-9-29-19)12-26(18)22(28)16-11-20(30-25-16)14-5-7-15(23)8-6-14/h3-9,11,13,17-18H,10,12H2,1-2H3,(H,24,27)/t17-,18+/m1/s1. The highest BCUT2D eigenvalue weighted by Gasteiger charge is 2.40. The van der Waals surface area contributed by atoms with Crippen molar-refractivity contribution in [2.75, 3.05) is 6.54 Å². The number of hydrogen-bond donors (Lipinski definition) is 1. The van der Waals surface area contributed by atoms with Crippen LogP contribution in [0.25, 0.3) is 11.3 Å². The highest BCUT2D eigenvalue weighted by Crippen LogP contribution is 2.27. The molecule has 3 heterocycles. The second-order valence-corrected chi connectivity index (χ2v) is 7.76. The molecule has 156 valence electrons. The maximum absolute atomic E-state index is 13.3. The fraction of sp³-hybridized carbons (Fsp3) is 0.318. The lowest BCUT2D eigenvalue weighted by Crippen LogP contribution is -2.58. The van der Waals surface area contributed by atoms with Crippen LogP contribution in [0.1, 0.15) is 42.6 Å². The lowest BCUT2D eigenvalue weighted by molar-refractivity contribution is -0.130. The Bertz CT molecular complexity index is 1030. The zero-order valence-electron chi connectivity index (χ0n) is 16.7. The number of hydrogen-bond acceptors (Lipinski definition) is 5. The monoisotopic (exact) mass is 411 g/mol. The van der Waals surface area contributed by atoms with E-state index in [1.807, 2.05) is 13.8 Å². The molecule has 1 aromatic carbocycles. The van der Waals surface area contributed by atoms with Crippen molar-refractivity contribution in [2.45, 2.75) is 32.4 Å². The summed E-state index contributed by atoms with van der Waals surface area (Å²) in [4.78, 5) is 27.6. The molecular weight excluding hydrogens is 389 g/mol. The van der Waals surface area contributed by atoms with Gasteiger partial charge >= 0.3 is 0 Å². The first-order valence-electron chi connectivity index (χ1n) is 9.79. The first-order valence-corrected chi connectivity index (χ1v) is 9.79. The van der Waals surface area contributed by atoms with E-state index in [4.69, 9.17) is 8.94 Å². The lowest BCUT2D eigenvalue weighted by Gasteiger charge is -2.39. The lowest BCUT2D eigenvalue weighted by atomic mass is 9.97. The molecule has 30 heavy (non-hydrogen) atoms. The molecule has 0 unspecified atom stereocenters. The van der Waals surface area contributed by atoms with Crippen molar-refractivity contribution in [1.82, 2.24) is 15.4 Å². The number of aromatic nitrogens is 1. The Morgan fingerprint density at radius 2 is 2.07 bits per heavy atom. The van der Waals surface area contributed by atoms with Crippen LogP contribution in [0, 0.1) is 11.7 Å². The van der Waals surface area contributed by atoms with Crippen LogP contribution in [-0.4, -0.2) is 34.5 Å². The molecule has 0 bridgehead atoms. The fourth-order valence-electron chi connectivity index (χ4n) is 3.61. The van der Waals surface area contributed by atoms with Crippen molar-refractivity contribution in [1.29, 1.82) is 0 Å². The third kappa shape index (κ3) is 3.98. The molecule has 0 aliphatic carbocycles. The van der Waals surface area contributed by atoms with Gasteiger partial charge in [0.1, 0.15) is 23.7 Å². The van der Waals surface area contributed by atoms with Gasteiger partial charge in [0.05, 0.1) is 6.26 Å². The summed E-state index contributed by atoms with van der Waals surface area (Å²) in [6.07, 6.45) is 2.05. The quantitative estimate of drug-likeness (QED) is 0.690. The fourth-order valence-corrected chi connectivity index (χ4v) is 3.61. The molecule has 1 aliphatic rings. The summed E-state index contributed by atoms with van der Waals surface area (Å²) in [5, 5.41) is 6.84. The van der Waals surface area contributed by atoms with Crippen LogP contribution in [0.5, 0.6) is 0 Å². The Kier molecular flexibility index (Phi) is 5.39. The number of amides is 2. The molecule has 0 radical (unpaired) electrons. The largest absolute Gasteiger partial charge is 0.467 e. The van der Waals surface area contributed by atoms with E-state index >= 15 is 0 Å². The highest BCUT2D eigenvalue weighted by atomic mass is 19.1. The van der Waals surface area contributed by atoms with Crippen LogP contribution in [-0.2, 0) is 4.79 Å². The number of nitrogens with one attached hydrogen (secondary N) is 1. The van der Waals surface area contributed by atoms with E-state index in [0.717, 1.165) is 0 Å². The molecule has 2 amide bonds. The van der Waals surface area contributed by atoms with Gasteiger partial charge in [0.2, 0.25) is 5.91 Å². The maximum atomic E-state index is 13.3. The van der Waals surface area contributed by atoms with Gasteiger partial charge in [-0.25, -0.2) is 4.39 Å². The van der Waals surface area contributed by atoms with E-state index in [1.165, 1.54) is 29.4 Å². The van der Waals surface area contributed by atoms with E-state index in [0.29, 0.717) is 23.5 Å². The minimum absolute atomic E-state index is 0.0935. The molecule has 1 saturated heterocycles. The Balaban J connectivity index is 1.61. The van der Waals surface area contributed by atoms with Crippen LogP contribution < -0.4 is 5.32 Å². The van der Waals surface area contributed by atoms with Gasteiger partial charge in [-0.15, -0.1) is 0 Å². The Morgan fingerprint density at radius 3 is 2.73 bits per heavy atom. The van der Waals surface area contributed by atoms with Crippen molar-refractivity contribution >= 4 is 11.8 Å². The zero-order valence-corrected chi connectivity index (χ0v) is 16.7. The third-order valence-corrected chi connectivity index (χ3v) is 5.07. The number of rotatable bonds is 5. The van der Waals surface area contributed by atoms with Crippen LogP contribution in [0.15, 0.2) is 57.7 Å². The Labute approximate surface area is 172 Å². The summed E-state index contributed by atoms with van der Waals surface area (Å²) >= 11 is 0. The van der Waals surface area contributed by atoms with Gasteiger partial charge in [0.15, 0.2) is 11.5 Å². The molecule has 2 aromatic heterocycles. The van der Waals surface area contributed by atoms with E-state index in [1.54, 1.807) is 24.3 Å². The van der Waals surface area contributed by atoms with Crippen LogP contribution in [0.3, 0.4) is 0 Å². The van der Waals surface area contributed by atoms with Gasteiger partial charge < -0.3 is 19.2 Å². The van der Waals surface area contributed by atoms with Gasteiger partial charge in [0.25, 0.3) is 5.91 Å². The van der Waals surface area contributed by atoms with Crippen LogP contribution in [0.2, 0.25) is 0 Å². The van der Waals surface area contributed by atoms with Crippen molar-refractivity contribution in [3.8, 4) is 11.3 Å². The molecular formula is C22H22FN3O4. The van der Waals surface area contributed by atoms with Crippen molar-refractivity contribution < 1.29 is 22.9 Å². The van der Waals surface area contributed by atoms with E-state index in [-0.39, 0.29) is 29.9 Å². The summed E-state index contributed by atoms with van der Waals surface area (Å²) in [5.74, 6) is 0.146. The highest BCUT2D eigenvalue weighted by molar-refractivity contribution is 5.97. The van der Waals surface area contributed by atoms with Gasteiger partial charge in [-0.2, -0.15) is 0 Å². The number of halogens is 1. The molecule has 7 nitrogen and oxygen atoms in total. The number of piperazine rings is 1. The third-order valence-electron chi connectivity index (χ3n) is 5.07. The molecule has 1 fully saturated rings. The Morgan fingerprint density at radius 1 is 1.30 bits per heavy atom. The van der Waals surface area contributed by atoms with Crippen molar-refractivity contribution in [2.24, 2.45) is 5.92 Å². The van der Waals surface area contributed by atoms with Crippen LogP contribution >= 0.6 is 0 Å². The summed E-state index contributed by atoms with van der Waals surface area (Å²) < 4.78 is 23.9. The van der Waals surface area contributed by atoms with E-state index < -0.39 is 18.0 Å². The normalized spacial score (nSPS) is 19.2. The zero-order chi connectivity index (χ0) is 21.3. The topological polar surface area (TPSA) is 88.6 Å². The predicted molar refractivity (Wildman–Crippen MR) is 106 cm³/mol. The second kappa shape index (κ2) is 8.14. The molecule has 0 saturated carbocycles. The number of furan rings is 1. The Hall–Kier alpha value is -3.42. The first-order chi connectivity index (χ1) is 14.4. The van der Waals surface area contributed by atoms with Crippen molar-refractivity contribution in [3.05, 3.63) is 66.0 Å². The van der Waals surface area contributed by atoms with Gasteiger partial charge in [-0.05, 0) is 48.7 Å². The SMILES string of the molecule is CC(C)C[C@H]1C(=O)N[C@@H](c2ccco2)CN1C(=O)c1cc(-c2ccc(F)cc2)on1. The number of nitrogens with zero attached hydrogens (tertiary/aromatic N) is 2. The molecule has 0 spiro atoms. The average molecular weight is 411 g/mol. The number of carbonyl (C=O) groups excluding carboxylic acids is 2. The number of carbonyl (C=O) groups is 2. The summed E-state index contributed by atoms with van der Waals surface area (Å²) in [7, 11) is 0. The second-order valence-electron chi connectivity index (χ2n) is 7.76. The predicted octanol–water partition coefficient (Wildman–Crippen LogP) is 3.80. The summed E-state index contributed by atoms with van der Waals surface area (Å²) in [5.41, 5.74) is 0.697. The molecule has 1 aliphatic heterocycles. The molecule has 2 atom stereocenters. The maximum Gasteiger partial charge on any atom is 0.276 e. The average Bonchev–Trinajstić information content (AvgIpc) is 3.41.